The van der Waals surface area contributed by atoms with Crippen LogP contribution in [0.3, 0.4) is 0 Å². The van der Waals surface area contributed by atoms with Crippen LogP contribution < -0.4 is 0 Å². The number of hydrogen-bond donors (Lipinski definition) is 2. The molecule has 0 aromatic heterocycles. The fourth-order valence-electron chi connectivity index (χ4n) is 2.45. The molecule has 78 valence electrons. The molecule has 3 heteroatoms. The highest BCUT2D eigenvalue weighted by Gasteiger charge is 2.57. The number of aliphatic hydroxyl groups excluding tert-OH is 2. The van der Waals surface area contributed by atoms with Crippen molar-refractivity contribution in [2.24, 2.45) is 17.3 Å². The highest BCUT2D eigenvalue weighted by Crippen LogP contribution is 2.59. The van der Waals surface area contributed by atoms with Crippen LogP contribution in [0.2, 0.25) is 0 Å². The van der Waals surface area contributed by atoms with Crippen LogP contribution >= 0.6 is 0 Å². The van der Waals surface area contributed by atoms with E-state index in [4.69, 9.17) is 5.11 Å². The molecule has 0 aliphatic heterocycles. The second kappa shape index (κ2) is 3.48. The summed E-state index contributed by atoms with van der Waals surface area (Å²) >= 11 is 0. The van der Waals surface area contributed by atoms with Gasteiger partial charge in [-0.1, -0.05) is 12.2 Å². The summed E-state index contributed by atoms with van der Waals surface area (Å²) in [6.07, 6.45) is 6.27. The van der Waals surface area contributed by atoms with Crippen LogP contribution in [0, 0.1) is 17.3 Å². The first kappa shape index (κ1) is 9.87. The maximum absolute atomic E-state index is 13.0. The smallest absolute Gasteiger partial charge is 0.101 e. The molecule has 1 saturated carbocycles. The minimum Gasteiger partial charge on any atom is -0.396 e. The highest BCUT2D eigenvalue weighted by molar-refractivity contribution is 5.22. The third-order valence-corrected chi connectivity index (χ3v) is 3.57. The van der Waals surface area contributed by atoms with Gasteiger partial charge in [-0.05, 0) is 24.3 Å². The van der Waals surface area contributed by atoms with E-state index in [-0.39, 0.29) is 36.3 Å². The van der Waals surface area contributed by atoms with Crippen LogP contribution in [0.4, 0.5) is 4.39 Å². The molecule has 2 nitrogen and oxygen atoms in total. The van der Waals surface area contributed by atoms with Crippen molar-refractivity contribution < 1.29 is 14.6 Å². The van der Waals surface area contributed by atoms with Crippen LogP contribution in [0.1, 0.15) is 12.8 Å². The predicted octanol–water partition coefficient (Wildman–Crippen LogP) is 1.41. The first-order chi connectivity index (χ1) is 6.73. The molecule has 2 aliphatic rings. The van der Waals surface area contributed by atoms with Gasteiger partial charge in [-0.25, -0.2) is 4.39 Å². The van der Waals surface area contributed by atoms with Crippen molar-refractivity contribution in [1.82, 2.24) is 0 Å². The second-order valence-corrected chi connectivity index (χ2v) is 4.28. The summed E-state index contributed by atoms with van der Waals surface area (Å²) in [5.41, 5.74) is -0.253. The van der Waals surface area contributed by atoms with E-state index in [0.717, 1.165) is 6.42 Å². The summed E-state index contributed by atoms with van der Waals surface area (Å²) in [7, 11) is 0. The summed E-state index contributed by atoms with van der Waals surface area (Å²) in [6.45, 7) is 0.136. The normalized spacial score (nSPS) is 40.9. The number of aliphatic hydroxyl groups is 2. The van der Waals surface area contributed by atoms with Gasteiger partial charge in [-0.3, -0.25) is 0 Å². The summed E-state index contributed by atoms with van der Waals surface area (Å²) in [5.74, 6) is 0.0663. The average molecular weight is 198 g/mol. The lowest BCUT2D eigenvalue weighted by Gasteiger charge is -2.24. The van der Waals surface area contributed by atoms with Crippen molar-refractivity contribution >= 4 is 0 Å². The molecule has 0 heterocycles. The van der Waals surface area contributed by atoms with E-state index in [1.165, 1.54) is 6.08 Å². The molecule has 0 bridgehead atoms. The lowest BCUT2D eigenvalue weighted by Crippen LogP contribution is -2.23. The summed E-state index contributed by atoms with van der Waals surface area (Å²) in [5, 5.41) is 18.3. The molecular weight excluding hydrogens is 183 g/mol. The second-order valence-electron chi connectivity index (χ2n) is 4.28. The first-order valence-corrected chi connectivity index (χ1v) is 4.97. The van der Waals surface area contributed by atoms with Gasteiger partial charge >= 0.3 is 0 Å². The Morgan fingerprint density at radius 2 is 2.29 bits per heavy atom. The zero-order chi connectivity index (χ0) is 10.2. The number of halogens is 1. The van der Waals surface area contributed by atoms with E-state index in [1.807, 2.05) is 6.08 Å². The van der Waals surface area contributed by atoms with Gasteiger partial charge in [0.25, 0.3) is 0 Å². The van der Waals surface area contributed by atoms with Gasteiger partial charge in [-0.15, -0.1) is 0 Å². The first-order valence-electron chi connectivity index (χ1n) is 4.97. The van der Waals surface area contributed by atoms with Crippen molar-refractivity contribution in [2.45, 2.75) is 12.8 Å². The lowest BCUT2D eigenvalue weighted by molar-refractivity contribution is 0.136. The van der Waals surface area contributed by atoms with Gasteiger partial charge in [0.05, 0.1) is 0 Å². The molecule has 0 aromatic carbocycles. The summed E-state index contributed by atoms with van der Waals surface area (Å²) in [6, 6.07) is 0. The SMILES string of the molecule is OC[C@@H]1C[C@@]1(CO)C1C=CC=C(F)C1. The zero-order valence-electron chi connectivity index (χ0n) is 7.99. The summed E-state index contributed by atoms with van der Waals surface area (Å²) in [4.78, 5) is 0. The lowest BCUT2D eigenvalue weighted by atomic mass is 9.82. The molecule has 2 rings (SSSR count). The van der Waals surface area contributed by atoms with Crippen LogP contribution in [-0.2, 0) is 0 Å². The van der Waals surface area contributed by atoms with Gasteiger partial charge in [0, 0.05) is 25.0 Å². The maximum Gasteiger partial charge on any atom is 0.101 e. The summed E-state index contributed by atoms with van der Waals surface area (Å²) < 4.78 is 13.0. The molecule has 0 aromatic rings. The van der Waals surface area contributed by atoms with Crippen molar-refractivity contribution in [1.29, 1.82) is 0 Å². The average Bonchev–Trinajstić information content (AvgIpc) is 2.93. The van der Waals surface area contributed by atoms with E-state index >= 15 is 0 Å². The monoisotopic (exact) mass is 198 g/mol. The topological polar surface area (TPSA) is 40.5 Å². The van der Waals surface area contributed by atoms with Gasteiger partial charge in [0.2, 0.25) is 0 Å². The fourth-order valence-corrected chi connectivity index (χ4v) is 2.45. The van der Waals surface area contributed by atoms with Crippen LogP contribution in [-0.4, -0.2) is 23.4 Å². The Morgan fingerprint density at radius 1 is 1.50 bits per heavy atom. The third kappa shape index (κ3) is 1.41. The minimum atomic E-state index is -0.253. The van der Waals surface area contributed by atoms with Crippen molar-refractivity contribution in [3.8, 4) is 0 Å². The standard InChI is InChI=1S/C11H15FO2/c12-10-3-1-2-8(4-10)11(7-14)5-9(11)6-13/h1-3,8-9,13-14H,4-7H2/t8?,9-,11+/m0/s1. The van der Waals surface area contributed by atoms with E-state index in [9.17, 15) is 9.50 Å². The van der Waals surface area contributed by atoms with Gasteiger partial charge in [0.1, 0.15) is 5.83 Å². The van der Waals surface area contributed by atoms with Gasteiger partial charge in [0.15, 0.2) is 0 Å². The van der Waals surface area contributed by atoms with E-state index < -0.39 is 0 Å². The molecule has 3 atom stereocenters. The minimum absolute atomic E-state index is 0.0422. The quantitative estimate of drug-likeness (QED) is 0.719. The Kier molecular flexibility index (Phi) is 2.45. The zero-order valence-corrected chi connectivity index (χ0v) is 7.99. The molecule has 0 saturated heterocycles. The number of rotatable bonds is 3. The van der Waals surface area contributed by atoms with Crippen LogP contribution in [0.5, 0.6) is 0 Å². The molecule has 2 N–H and O–H groups in total. The highest BCUT2D eigenvalue weighted by atomic mass is 19.1. The molecule has 1 unspecified atom stereocenters. The van der Waals surface area contributed by atoms with Gasteiger partial charge in [-0.2, -0.15) is 0 Å². The molecular formula is C11H15FO2. The van der Waals surface area contributed by atoms with Gasteiger partial charge < -0.3 is 10.2 Å². The Balaban J connectivity index is 2.09. The fraction of sp³-hybridized carbons (Fsp3) is 0.636. The van der Waals surface area contributed by atoms with Crippen LogP contribution in [0.25, 0.3) is 0 Å². The van der Waals surface area contributed by atoms with Crippen LogP contribution in [0.15, 0.2) is 24.1 Å². The van der Waals surface area contributed by atoms with E-state index in [0.29, 0.717) is 6.42 Å². The molecule has 14 heavy (non-hydrogen) atoms. The molecule has 0 radical (unpaired) electrons. The molecule has 0 spiro atoms. The Labute approximate surface area is 82.8 Å². The predicted molar refractivity (Wildman–Crippen MR) is 51.1 cm³/mol. The maximum atomic E-state index is 13.0. The number of hydrogen-bond acceptors (Lipinski definition) is 2. The largest absolute Gasteiger partial charge is 0.396 e. The number of allylic oxidation sites excluding steroid dienone is 4. The Morgan fingerprint density at radius 3 is 2.79 bits per heavy atom. The van der Waals surface area contributed by atoms with Crippen molar-refractivity contribution in [2.75, 3.05) is 13.2 Å². The van der Waals surface area contributed by atoms with E-state index in [2.05, 4.69) is 0 Å². The Hall–Kier alpha value is -0.670. The van der Waals surface area contributed by atoms with E-state index in [1.54, 1.807) is 6.08 Å². The Bertz CT molecular complexity index is 285. The molecule has 0 amide bonds. The third-order valence-electron chi connectivity index (χ3n) is 3.57. The van der Waals surface area contributed by atoms with Crippen molar-refractivity contribution in [3.63, 3.8) is 0 Å². The van der Waals surface area contributed by atoms with Crippen molar-refractivity contribution in [3.05, 3.63) is 24.1 Å². The molecule has 1 fully saturated rings. The molecule has 2 aliphatic carbocycles.